The van der Waals surface area contributed by atoms with E-state index in [1.165, 1.54) is 11.9 Å². The molecule has 0 aromatic rings. The van der Waals surface area contributed by atoms with Gasteiger partial charge in [-0.05, 0) is 39.8 Å². The molecule has 0 aromatic heterocycles. The van der Waals surface area contributed by atoms with Gasteiger partial charge in [-0.15, -0.1) is 12.4 Å². The number of nitrogens with zero attached hydrogens (tertiary/aromatic N) is 2. The molecule has 0 aliphatic carbocycles. The number of halogens is 1. The number of rotatable bonds is 6. The van der Waals surface area contributed by atoms with Crippen molar-refractivity contribution in [2.24, 2.45) is 0 Å². The number of piperidine rings is 1. The van der Waals surface area contributed by atoms with Gasteiger partial charge in [0.1, 0.15) is 0 Å². The molecule has 1 saturated heterocycles. The quantitative estimate of drug-likeness (QED) is 0.706. The van der Waals surface area contributed by atoms with Crippen LogP contribution in [0.4, 0.5) is 0 Å². The van der Waals surface area contributed by atoms with Crippen molar-refractivity contribution >= 4 is 34.1 Å². The van der Waals surface area contributed by atoms with E-state index in [-0.39, 0.29) is 37.7 Å². The third-order valence-electron chi connectivity index (χ3n) is 4.35. The average molecular weight is 370 g/mol. The van der Waals surface area contributed by atoms with Gasteiger partial charge in [-0.2, -0.15) is 0 Å². The first-order chi connectivity index (χ1) is 10.2. The Morgan fingerprint density at radius 1 is 1.13 bits per heavy atom. The Morgan fingerprint density at radius 3 is 2.00 bits per heavy atom. The second-order valence-corrected chi connectivity index (χ2v) is 8.07. The van der Waals surface area contributed by atoms with Gasteiger partial charge in [0.15, 0.2) is 14.6 Å². The maximum Gasteiger partial charge on any atom is 0.244 e. The summed E-state index contributed by atoms with van der Waals surface area (Å²) in [5, 5.41) is 3.07. The van der Waals surface area contributed by atoms with Crippen LogP contribution in [0.15, 0.2) is 0 Å². The highest BCUT2D eigenvalue weighted by Gasteiger charge is 2.50. The number of hydrogen-bond donors (Lipinski definition) is 1. The molecule has 23 heavy (non-hydrogen) atoms. The Kier molecular flexibility index (Phi) is 8.51. The van der Waals surface area contributed by atoms with Gasteiger partial charge in [-0.3, -0.25) is 9.59 Å². The molecule has 1 fully saturated rings. The van der Waals surface area contributed by atoms with E-state index in [4.69, 9.17) is 0 Å². The Morgan fingerprint density at radius 2 is 1.61 bits per heavy atom. The van der Waals surface area contributed by atoms with Crippen LogP contribution in [0, 0.1) is 0 Å². The van der Waals surface area contributed by atoms with Crippen molar-refractivity contribution in [1.82, 2.24) is 15.1 Å². The molecule has 0 saturated carbocycles. The van der Waals surface area contributed by atoms with Crippen LogP contribution in [0.25, 0.3) is 0 Å². The zero-order chi connectivity index (χ0) is 17.0. The van der Waals surface area contributed by atoms with Crippen molar-refractivity contribution in [1.29, 1.82) is 0 Å². The minimum absolute atomic E-state index is 0. The summed E-state index contributed by atoms with van der Waals surface area (Å²) >= 11 is 0. The lowest BCUT2D eigenvalue weighted by Crippen LogP contribution is -2.58. The first-order valence-electron chi connectivity index (χ1n) is 7.63. The van der Waals surface area contributed by atoms with E-state index in [9.17, 15) is 18.0 Å². The summed E-state index contributed by atoms with van der Waals surface area (Å²) in [6.07, 6.45) is 1.60. The molecule has 9 heteroatoms. The third kappa shape index (κ3) is 4.81. The normalized spacial score (nSPS) is 17.0. The first-order valence-corrected chi connectivity index (χ1v) is 9.52. The molecule has 1 aliphatic rings. The van der Waals surface area contributed by atoms with Crippen LogP contribution in [0.1, 0.15) is 26.7 Å². The summed E-state index contributed by atoms with van der Waals surface area (Å²) < 4.78 is 23.0. The van der Waals surface area contributed by atoms with Gasteiger partial charge in [0, 0.05) is 26.4 Å². The molecule has 1 N–H and O–H groups in total. The fraction of sp³-hybridized carbons (Fsp3) is 0.857. The number of hydrogen-bond acceptors (Lipinski definition) is 5. The summed E-state index contributed by atoms with van der Waals surface area (Å²) in [6, 6.07) is 0. The maximum atomic E-state index is 12.7. The van der Waals surface area contributed by atoms with Crippen molar-refractivity contribution < 1.29 is 18.0 Å². The van der Waals surface area contributed by atoms with Crippen LogP contribution in [0.5, 0.6) is 0 Å². The van der Waals surface area contributed by atoms with E-state index in [0.717, 1.165) is 6.26 Å². The Hall–Kier alpha value is -0.860. The van der Waals surface area contributed by atoms with E-state index < -0.39 is 20.5 Å². The summed E-state index contributed by atoms with van der Waals surface area (Å²) in [4.78, 5) is 27.8. The lowest BCUT2D eigenvalue weighted by molar-refractivity contribution is -0.141. The molecule has 0 aromatic carbocycles. The van der Waals surface area contributed by atoms with Gasteiger partial charge in [0.25, 0.3) is 0 Å². The smallest absolute Gasteiger partial charge is 0.244 e. The molecule has 136 valence electrons. The standard InChI is InChI=1S/C14H27N3O4S.ClH/c1-5-17(6-2)12(18)11-16(3)13(19)14(22(4,20)21)7-9-15-10-8-14;/h15H,5-11H2,1-4H3;1H. The van der Waals surface area contributed by atoms with Crippen LogP contribution in [-0.4, -0.2) is 80.8 Å². The number of likely N-dealkylation sites (N-methyl/N-ethyl adjacent to an activating group) is 2. The van der Waals surface area contributed by atoms with E-state index in [0.29, 0.717) is 26.2 Å². The zero-order valence-electron chi connectivity index (χ0n) is 14.3. The van der Waals surface area contributed by atoms with Gasteiger partial charge < -0.3 is 15.1 Å². The molecular formula is C14H28ClN3O4S. The average Bonchev–Trinajstić information content (AvgIpc) is 2.47. The number of amides is 2. The van der Waals surface area contributed by atoms with Crippen LogP contribution in [0.2, 0.25) is 0 Å². The lowest BCUT2D eigenvalue weighted by atomic mass is 9.95. The minimum Gasteiger partial charge on any atom is -0.342 e. The van der Waals surface area contributed by atoms with Gasteiger partial charge in [0.05, 0.1) is 6.54 Å². The van der Waals surface area contributed by atoms with Crippen molar-refractivity contribution in [3.63, 3.8) is 0 Å². The Labute approximate surface area is 145 Å². The highest BCUT2D eigenvalue weighted by Crippen LogP contribution is 2.29. The van der Waals surface area contributed by atoms with Gasteiger partial charge in [-0.25, -0.2) is 8.42 Å². The Balaban J connectivity index is 0.00000484. The molecule has 0 radical (unpaired) electrons. The van der Waals surface area contributed by atoms with E-state index in [1.807, 2.05) is 13.8 Å². The number of carbonyl (C=O) groups is 2. The molecule has 0 spiro atoms. The third-order valence-corrected chi connectivity index (χ3v) is 6.35. The second-order valence-electron chi connectivity index (χ2n) is 5.74. The van der Waals surface area contributed by atoms with Crippen molar-refractivity contribution in [2.45, 2.75) is 31.4 Å². The maximum absolute atomic E-state index is 12.7. The molecule has 1 rings (SSSR count). The largest absolute Gasteiger partial charge is 0.342 e. The molecule has 1 aliphatic heterocycles. The summed E-state index contributed by atoms with van der Waals surface area (Å²) in [6.45, 7) is 5.75. The van der Waals surface area contributed by atoms with Crippen LogP contribution in [0.3, 0.4) is 0 Å². The fourth-order valence-electron chi connectivity index (χ4n) is 2.87. The van der Waals surface area contributed by atoms with Gasteiger partial charge >= 0.3 is 0 Å². The lowest BCUT2D eigenvalue weighted by Gasteiger charge is -2.37. The predicted molar refractivity (Wildman–Crippen MR) is 92.5 cm³/mol. The molecule has 1 heterocycles. The highest BCUT2D eigenvalue weighted by atomic mass is 35.5. The molecule has 7 nitrogen and oxygen atoms in total. The molecular weight excluding hydrogens is 342 g/mol. The molecule has 2 amide bonds. The molecule has 0 unspecified atom stereocenters. The minimum atomic E-state index is -3.56. The van der Waals surface area contributed by atoms with Crippen LogP contribution < -0.4 is 5.32 Å². The SMILES string of the molecule is CCN(CC)C(=O)CN(C)C(=O)C1(S(C)(=O)=O)CCNCC1.Cl. The van der Waals surface area contributed by atoms with Gasteiger partial charge in [0.2, 0.25) is 11.8 Å². The van der Waals surface area contributed by atoms with E-state index >= 15 is 0 Å². The number of nitrogens with one attached hydrogen (secondary N) is 1. The fourth-order valence-corrected chi connectivity index (χ4v) is 4.29. The Bertz CT molecular complexity index is 514. The summed E-state index contributed by atoms with van der Waals surface area (Å²) in [7, 11) is -2.06. The number of sulfone groups is 1. The molecule has 0 atom stereocenters. The van der Waals surface area contributed by atoms with Crippen molar-refractivity contribution in [3.05, 3.63) is 0 Å². The van der Waals surface area contributed by atoms with Crippen LogP contribution >= 0.6 is 12.4 Å². The molecule has 0 bridgehead atoms. The zero-order valence-corrected chi connectivity index (χ0v) is 15.9. The van der Waals surface area contributed by atoms with Crippen LogP contribution in [-0.2, 0) is 19.4 Å². The van der Waals surface area contributed by atoms with Crippen molar-refractivity contribution in [2.75, 3.05) is 46.0 Å². The van der Waals surface area contributed by atoms with E-state index in [1.54, 1.807) is 4.90 Å². The number of carbonyl (C=O) groups excluding carboxylic acids is 2. The summed E-state index contributed by atoms with van der Waals surface area (Å²) in [5.41, 5.74) is 0. The first kappa shape index (κ1) is 22.1. The highest BCUT2D eigenvalue weighted by molar-refractivity contribution is 7.92. The predicted octanol–water partition coefficient (Wildman–Crippen LogP) is -0.0982. The van der Waals surface area contributed by atoms with Gasteiger partial charge in [-0.1, -0.05) is 0 Å². The topological polar surface area (TPSA) is 86.8 Å². The van der Waals surface area contributed by atoms with Crippen molar-refractivity contribution in [3.8, 4) is 0 Å². The second kappa shape index (κ2) is 8.84. The monoisotopic (exact) mass is 369 g/mol. The van der Waals surface area contributed by atoms with E-state index in [2.05, 4.69) is 5.32 Å². The summed E-state index contributed by atoms with van der Waals surface area (Å²) in [5.74, 6) is -0.643.